The minimum atomic E-state index is -3.93. The molecule has 0 spiro atoms. The molecule has 1 aromatic carbocycles. The number of hydrogen-bond donors (Lipinski definition) is 1. The monoisotopic (exact) mass is 462 g/mol. The summed E-state index contributed by atoms with van der Waals surface area (Å²) in [4.78, 5) is 14.5. The zero-order chi connectivity index (χ0) is 21.2. The highest BCUT2D eigenvalue weighted by molar-refractivity contribution is 7.93. The number of sulfonamides is 1. The number of nitrogens with zero attached hydrogens (tertiary/aromatic N) is 1. The first-order chi connectivity index (χ1) is 12.9. The lowest BCUT2D eigenvalue weighted by Gasteiger charge is -2.31. The number of aryl methyl sites for hydroxylation is 1. The lowest BCUT2D eigenvalue weighted by molar-refractivity contribution is -0.134. The lowest BCUT2D eigenvalue weighted by atomic mass is 10.1. The second-order valence-corrected chi connectivity index (χ2v) is 10.3. The van der Waals surface area contributed by atoms with Crippen LogP contribution in [-0.2, 0) is 21.2 Å². The van der Waals surface area contributed by atoms with Gasteiger partial charge in [-0.2, -0.15) is 0 Å². The Hall–Kier alpha value is -1.28. The van der Waals surface area contributed by atoms with Crippen molar-refractivity contribution in [1.29, 1.82) is 0 Å². The summed E-state index contributed by atoms with van der Waals surface area (Å²) < 4.78 is 28.4. The van der Waals surface area contributed by atoms with E-state index in [0.717, 1.165) is 0 Å². The van der Waals surface area contributed by atoms with Crippen molar-refractivity contribution in [3.8, 4) is 0 Å². The van der Waals surface area contributed by atoms with Gasteiger partial charge in [0.1, 0.15) is 4.90 Å². The van der Waals surface area contributed by atoms with Gasteiger partial charge in [0.2, 0.25) is 5.91 Å². The summed E-state index contributed by atoms with van der Waals surface area (Å²) in [5.41, 5.74) is 1.47. The normalized spacial score (nSPS) is 11.9. The van der Waals surface area contributed by atoms with Crippen LogP contribution in [0.5, 0.6) is 0 Å². The molecule has 1 heterocycles. The van der Waals surface area contributed by atoms with Crippen LogP contribution in [0.25, 0.3) is 0 Å². The lowest BCUT2D eigenvalue weighted by Crippen LogP contribution is -2.42. The van der Waals surface area contributed by atoms with Gasteiger partial charge in [-0.15, -0.1) is 11.3 Å². The molecule has 0 bridgehead atoms. The quantitative estimate of drug-likeness (QED) is 0.602. The molecule has 0 aliphatic rings. The van der Waals surface area contributed by atoms with Crippen LogP contribution in [0.15, 0.2) is 27.8 Å². The number of halogens is 2. The van der Waals surface area contributed by atoms with Crippen LogP contribution < -0.4 is 4.72 Å². The van der Waals surface area contributed by atoms with E-state index in [2.05, 4.69) is 4.72 Å². The highest BCUT2D eigenvalue weighted by Crippen LogP contribution is 2.32. The van der Waals surface area contributed by atoms with Crippen molar-refractivity contribution in [3.05, 3.63) is 44.1 Å². The maximum absolute atomic E-state index is 12.9. The number of anilines is 1. The minimum Gasteiger partial charge on any atom is -0.338 e. The van der Waals surface area contributed by atoms with E-state index >= 15 is 0 Å². The molecule has 0 radical (unpaired) electrons. The fourth-order valence-corrected chi connectivity index (χ4v) is 6.34. The van der Waals surface area contributed by atoms with Crippen molar-refractivity contribution in [2.24, 2.45) is 0 Å². The van der Waals surface area contributed by atoms with Crippen LogP contribution in [0.4, 0.5) is 5.69 Å². The molecule has 0 unspecified atom stereocenters. The summed E-state index contributed by atoms with van der Waals surface area (Å²) in [6.07, 6.45) is 0.116. The Morgan fingerprint density at radius 1 is 1.14 bits per heavy atom. The molecule has 28 heavy (non-hydrogen) atoms. The van der Waals surface area contributed by atoms with Gasteiger partial charge in [-0.1, -0.05) is 23.2 Å². The molecule has 0 aliphatic heterocycles. The predicted molar refractivity (Wildman–Crippen MR) is 117 cm³/mol. The molecular weight excluding hydrogens is 439 g/mol. The van der Waals surface area contributed by atoms with Crippen LogP contribution in [0, 0.1) is 6.92 Å². The van der Waals surface area contributed by atoms with Crippen LogP contribution in [0.1, 0.15) is 38.8 Å². The molecule has 1 amide bonds. The topological polar surface area (TPSA) is 66.5 Å². The van der Waals surface area contributed by atoms with Gasteiger partial charge in [-0.05, 0) is 63.3 Å². The Balaban J connectivity index is 2.31. The van der Waals surface area contributed by atoms with Crippen molar-refractivity contribution in [1.82, 2.24) is 4.90 Å². The molecule has 5 nitrogen and oxygen atoms in total. The van der Waals surface area contributed by atoms with Crippen molar-refractivity contribution in [3.63, 3.8) is 0 Å². The van der Waals surface area contributed by atoms with E-state index in [1.54, 1.807) is 28.7 Å². The third-order valence-electron chi connectivity index (χ3n) is 4.19. The van der Waals surface area contributed by atoms with Gasteiger partial charge in [0.05, 0.1) is 17.1 Å². The second-order valence-electron chi connectivity index (χ2n) is 7.12. The fraction of sp³-hybridized carbons (Fsp3) is 0.421. The molecule has 0 saturated carbocycles. The molecule has 1 aromatic heterocycles. The van der Waals surface area contributed by atoms with E-state index in [4.69, 9.17) is 23.2 Å². The van der Waals surface area contributed by atoms with Gasteiger partial charge < -0.3 is 4.90 Å². The molecular formula is C19H24Cl2N2O3S2. The predicted octanol–water partition coefficient (Wildman–Crippen LogP) is 5.35. The van der Waals surface area contributed by atoms with E-state index in [9.17, 15) is 13.2 Å². The maximum Gasteiger partial charge on any atom is 0.263 e. The highest BCUT2D eigenvalue weighted by atomic mass is 35.5. The molecule has 2 rings (SSSR count). The first-order valence-corrected chi connectivity index (χ1v) is 12.0. The van der Waals surface area contributed by atoms with Crippen molar-refractivity contribution >= 4 is 56.2 Å². The second kappa shape index (κ2) is 9.03. The van der Waals surface area contributed by atoms with Gasteiger partial charge in [-0.3, -0.25) is 9.52 Å². The van der Waals surface area contributed by atoms with Crippen LogP contribution in [0.2, 0.25) is 10.0 Å². The van der Waals surface area contributed by atoms with Gasteiger partial charge in [0.25, 0.3) is 10.0 Å². The Labute approximate surface area is 180 Å². The summed E-state index contributed by atoms with van der Waals surface area (Å²) in [6, 6.07) is 3.05. The van der Waals surface area contributed by atoms with Crippen molar-refractivity contribution in [2.75, 3.05) is 4.72 Å². The minimum absolute atomic E-state index is 0.0203. The Morgan fingerprint density at radius 3 is 2.29 bits per heavy atom. The zero-order valence-electron chi connectivity index (χ0n) is 16.4. The first kappa shape index (κ1) is 23.0. The SMILES string of the molecule is Cc1cc(Cl)cc(Cl)c1S(=O)(=O)Nc1cscc1CC(=O)N(C(C)C)C(C)C. The molecule has 9 heteroatoms. The average Bonchev–Trinajstić information content (AvgIpc) is 2.90. The highest BCUT2D eigenvalue weighted by Gasteiger charge is 2.25. The summed E-state index contributed by atoms with van der Waals surface area (Å²) in [7, 11) is -3.93. The molecule has 1 N–H and O–H groups in total. The third kappa shape index (κ3) is 5.20. The van der Waals surface area contributed by atoms with E-state index in [1.165, 1.54) is 17.4 Å². The molecule has 0 saturated heterocycles. The summed E-state index contributed by atoms with van der Waals surface area (Å²) in [5.74, 6) is -0.0513. The number of thiophene rings is 1. The van der Waals surface area contributed by atoms with E-state index in [1.807, 2.05) is 27.7 Å². The molecule has 2 aromatic rings. The Kier molecular flexibility index (Phi) is 7.42. The average molecular weight is 463 g/mol. The van der Waals surface area contributed by atoms with Crippen molar-refractivity contribution in [2.45, 2.75) is 58.0 Å². The smallest absolute Gasteiger partial charge is 0.263 e. The van der Waals surface area contributed by atoms with Gasteiger partial charge in [0, 0.05) is 22.5 Å². The third-order valence-corrected chi connectivity index (χ3v) is 7.18. The number of amides is 1. The fourth-order valence-electron chi connectivity index (χ4n) is 3.20. The van der Waals surface area contributed by atoms with E-state index < -0.39 is 10.0 Å². The largest absolute Gasteiger partial charge is 0.338 e. The Morgan fingerprint density at radius 2 is 1.75 bits per heavy atom. The van der Waals surface area contributed by atoms with Crippen LogP contribution in [-0.4, -0.2) is 31.3 Å². The van der Waals surface area contributed by atoms with Gasteiger partial charge in [0.15, 0.2) is 0 Å². The molecule has 154 valence electrons. The first-order valence-electron chi connectivity index (χ1n) is 8.78. The van der Waals surface area contributed by atoms with Gasteiger partial charge in [-0.25, -0.2) is 8.42 Å². The Bertz CT molecular complexity index is 938. The van der Waals surface area contributed by atoms with Crippen LogP contribution >= 0.6 is 34.5 Å². The molecule has 0 atom stereocenters. The number of hydrogen-bond acceptors (Lipinski definition) is 4. The van der Waals surface area contributed by atoms with Gasteiger partial charge >= 0.3 is 0 Å². The number of rotatable bonds is 7. The summed E-state index contributed by atoms with van der Waals surface area (Å²) >= 11 is 13.4. The molecule has 0 fully saturated rings. The van der Waals surface area contributed by atoms with E-state index in [-0.39, 0.29) is 34.3 Å². The summed E-state index contributed by atoms with van der Waals surface area (Å²) in [5, 5.41) is 3.88. The van der Waals surface area contributed by atoms with E-state index in [0.29, 0.717) is 21.8 Å². The number of carbonyl (C=O) groups excluding carboxylic acids is 1. The standard InChI is InChI=1S/C19H24Cl2N2O3S2/c1-11(2)23(12(3)4)18(24)7-14-9-27-10-17(14)22-28(25,26)19-13(5)6-15(20)8-16(19)21/h6,8-12,22H,7H2,1-5H3. The molecule has 0 aliphatic carbocycles. The van der Waals surface area contributed by atoms with Crippen molar-refractivity contribution < 1.29 is 13.2 Å². The summed E-state index contributed by atoms with van der Waals surface area (Å²) in [6.45, 7) is 9.47. The maximum atomic E-state index is 12.9. The number of nitrogens with one attached hydrogen (secondary N) is 1. The number of benzene rings is 1. The van der Waals surface area contributed by atoms with Crippen LogP contribution in [0.3, 0.4) is 0 Å². The number of carbonyl (C=O) groups is 1. The zero-order valence-corrected chi connectivity index (χ0v) is 19.6.